The Balaban J connectivity index is 1.45. The van der Waals surface area contributed by atoms with Gasteiger partial charge in [-0.15, -0.1) is 0 Å². The van der Waals surface area contributed by atoms with E-state index in [9.17, 15) is 37.5 Å². The minimum atomic E-state index is -4.79. The summed E-state index contributed by atoms with van der Waals surface area (Å²) in [6.07, 6.45) is -1.74. The van der Waals surface area contributed by atoms with Gasteiger partial charge in [-0.25, -0.2) is 4.98 Å². The molecule has 2 amide bonds. The molecule has 1 aliphatic heterocycles. The van der Waals surface area contributed by atoms with Crippen LogP contribution in [0.4, 0.5) is 19.0 Å². The average molecular weight is 677 g/mol. The fourth-order valence-electron chi connectivity index (χ4n) is 6.67. The van der Waals surface area contributed by atoms with E-state index in [1.54, 1.807) is 31.2 Å². The second-order valence-corrected chi connectivity index (χ2v) is 12.2. The largest absolute Gasteiger partial charge is 0.507 e. The van der Waals surface area contributed by atoms with Gasteiger partial charge in [-0.2, -0.15) is 18.2 Å². The summed E-state index contributed by atoms with van der Waals surface area (Å²) >= 11 is 9.34. The number of para-hydroxylation sites is 1. The van der Waals surface area contributed by atoms with E-state index in [-0.39, 0.29) is 39.2 Å². The molecule has 222 valence electrons. The Morgan fingerprint density at radius 2 is 1.81 bits per heavy atom. The predicted molar refractivity (Wildman–Crippen MR) is 152 cm³/mol. The summed E-state index contributed by atoms with van der Waals surface area (Å²) in [4.78, 5) is 58.0. The lowest BCUT2D eigenvalue weighted by Crippen LogP contribution is -2.46. The maximum atomic E-state index is 14.1. The number of phenolic OH excluding ortho intramolecular Hbond substituents is 1. The molecular formula is C30H22BrClF3N3O5. The summed E-state index contributed by atoms with van der Waals surface area (Å²) < 4.78 is 40.3. The number of imide groups is 1. The number of fused-ring (bicyclic) bond motifs is 3. The number of alkyl halides is 3. The molecule has 2 heterocycles. The van der Waals surface area contributed by atoms with E-state index < -0.39 is 64.7 Å². The van der Waals surface area contributed by atoms with Crippen molar-refractivity contribution in [3.8, 4) is 5.75 Å². The molecule has 4 aliphatic rings. The van der Waals surface area contributed by atoms with Crippen LogP contribution in [0.3, 0.4) is 0 Å². The third-order valence-electron chi connectivity index (χ3n) is 8.61. The Labute approximate surface area is 256 Å². The number of ketones is 2. The number of Topliss-reactive ketones (excluding diaryl/α,β-unsaturated/α-hetero) is 1. The van der Waals surface area contributed by atoms with E-state index in [2.05, 4.69) is 20.9 Å². The number of rotatable bonds is 3. The highest BCUT2D eigenvalue weighted by atomic mass is 79.9. The van der Waals surface area contributed by atoms with Gasteiger partial charge in [0.15, 0.2) is 17.4 Å². The molecule has 2 aromatic rings. The normalized spacial score (nSPS) is 25.3. The van der Waals surface area contributed by atoms with Crippen molar-refractivity contribution < 1.29 is 37.5 Å². The van der Waals surface area contributed by atoms with Crippen molar-refractivity contribution in [2.24, 2.45) is 17.8 Å². The molecule has 3 aliphatic carbocycles. The van der Waals surface area contributed by atoms with Crippen LogP contribution in [0.15, 0.2) is 63.7 Å². The zero-order valence-corrected chi connectivity index (χ0v) is 24.9. The van der Waals surface area contributed by atoms with E-state index in [0.717, 1.165) is 16.1 Å². The van der Waals surface area contributed by atoms with Crippen LogP contribution in [0.5, 0.6) is 5.75 Å². The molecule has 0 spiro atoms. The lowest BCUT2D eigenvalue weighted by Gasteiger charge is -2.42. The number of aromatic nitrogens is 1. The molecule has 1 saturated heterocycles. The highest BCUT2D eigenvalue weighted by molar-refractivity contribution is 9.12. The van der Waals surface area contributed by atoms with Crippen molar-refractivity contribution in [2.45, 2.75) is 31.9 Å². The summed E-state index contributed by atoms with van der Waals surface area (Å²) in [5.41, 5.74) is 0.705. The molecule has 4 unspecified atom stereocenters. The first-order valence-corrected chi connectivity index (χ1v) is 14.4. The van der Waals surface area contributed by atoms with Gasteiger partial charge < -0.3 is 5.11 Å². The van der Waals surface area contributed by atoms with Crippen LogP contribution in [0.1, 0.15) is 35.6 Å². The van der Waals surface area contributed by atoms with Crippen LogP contribution in [-0.4, -0.2) is 45.5 Å². The molecule has 6 rings (SSSR count). The fourth-order valence-corrected chi connectivity index (χ4v) is 7.34. The van der Waals surface area contributed by atoms with Gasteiger partial charge in [-0.05, 0) is 59.3 Å². The Hall–Kier alpha value is -3.77. The summed E-state index contributed by atoms with van der Waals surface area (Å²) in [7, 11) is 1.23. The van der Waals surface area contributed by atoms with Gasteiger partial charge in [0.2, 0.25) is 0 Å². The molecule has 1 fully saturated rings. The monoisotopic (exact) mass is 675 g/mol. The number of anilines is 1. The van der Waals surface area contributed by atoms with Crippen LogP contribution in [-0.2, 0) is 25.4 Å². The minimum Gasteiger partial charge on any atom is -0.507 e. The van der Waals surface area contributed by atoms with Gasteiger partial charge in [0, 0.05) is 35.8 Å². The quantitative estimate of drug-likeness (QED) is 0.257. The number of allylic oxidation sites excluding steroid dienone is 6. The number of hydrazine groups is 1. The number of nitrogens with zero attached hydrogens (tertiary/aromatic N) is 3. The predicted octanol–water partition coefficient (Wildman–Crippen LogP) is 5.58. The van der Waals surface area contributed by atoms with Crippen LogP contribution >= 0.6 is 27.5 Å². The highest BCUT2D eigenvalue weighted by Gasteiger charge is 2.58. The number of amides is 2. The zero-order chi connectivity index (χ0) is 31.1. The number of hydrogen-bond donors (Lipinski definition) is 1. The van der Waals surface area contributed by atoms with Gasteiger partial charge in [0.1, 0.15) is 11.4 Å². The highest BCUT2D eigenvalue weighted by Crippen LogP contribution is 2.56. The van der Waals surface area contributed by atoms with Gasteiger partial charge >= 0.3 is 6.18 Å². The molecule has 13 heteroatoms. The Morgan fingerprint density at radius 1 is 1.09 bits per heavy atom. The fraction of sp³-hybridized carbons (Fsp3) is 0.300. The topological polar surface area (TPSA) is 108 Å². The van der Waals surface area contributed by atoms with Crippen LogP contribution < -0.4 is 5.01 Å². The van der Waals surface area contributed by atoms with E-state index >= 15 is 0 Å². The first kappa shape index (κ1) is 29.3. The summed E-state index contributed by atoms with van der Waals surface area (Å²) in [6.45, 7) is 1.70. The SMILES string of the molecule is Cc1cccc(C2C3=CCC4C(=O)N(N(C)c5nc(C(F)(F)F)ccc5Cl)C(=O)C4C3CC3=C2C(=O)C=C(Br)C3=O)c1O. The number of benzene rings is 1. The number of pyridine rings is 1. The Bertz CT molecular complexity index is 1750. The maximum absolute atomic E-state index is 14.1. The van der Waals surface area contributed by atoms with Crippen molar-refractivity contribution >= 4 is 56.7 Å². The smallest absolute Gasteiger partial charge is 0.433 e. The lowest BCUT2D eigenvalue weighted by molar-refractivity contribution is -0.141. The number of aromatic hydroxyl groups is 1. The van der Waals surface area contributed by atoms with E-state index in [0.29, 0.717) is 22.8 Å². The van der Waals surface area contributed by atoms with E-state index in [4.69, 9.17) is 11.6 Å². The number of carbonyl (C=O) groups is 4. The van der Waals surface area contributed by atoms with Crippen molar-refractivity contribution in [3.63, 3.8) is 0 Å². The molecule has 1 aromatic carbocycles. The van der Waals surface area contributed by atoms with E-state index in [1.807, 2.05) is 0 Å². The molecule has 0 radical (unpaired) electrons. The van der Waals surface area contributed by atoms with Crippen molar-refractivity contribution in [1.29, 1.82) is 0 Å². The van der Waals surface area contributed by atoms with Gasteiger partial charge in [-0.1, -0.05) is 41.4 Å². The second kappa shape index (κ2) is 10.2. The summed E-state index contributed by atoms with van der Waals surface area (Å²) in [6, 6.07) is 6.76. The molecule has 8 nitrogen and oxygen atoms in total. The number of halogens is 5. The standard InChI is InChI=1S/C30H22BrClF3N3O5/c1-12-4-3-5-14(25(12)40)22-13-6-7-15-23(16(13)10-17-24(22)20(39)11-18(31)26(17)41)29(43)38(28(15)42)37(2)27-19(32)8-9-21(36-27)30(33,34)35/h3-6,8-9,11,15-16,22-23,40H,7,10H2,1-2H3. The van der Waals surface area contributed by atoms with Crippen LogP contribution in [0.25, 0.3) is 0 Å². The molecule has 43 heavy (non-hydrogen) atoms. The third-order valence-corrected chi connectivity index (χ3v) is 9.50. The maximum Gasteiger partial charge on any atom is 0.433 e. The number of phenols is 1. The van der Waals surface area contributed by atoms with Gasteiger partial charge in [0.25, 0.3) is 11.8 Å². The van der Waals surface area contributed by atoms with Crippen LogP contribution in [0.2, 0.25) is 5.02 Å². The van der Waals surface area contributed by atoms with Crippen LogP contribution in [0, 0.1) is 24.7 Å². The lowest BCUT2D eigenvalue weighted by atomic mass is 9.59. The number of aryl methyl sites for hydroxylation is 1. The molecular weight excluding hydrogens is 655 g/mol. The van der Waals surface area contributed by atoms with Gasteiger partial charge in [0.05, 0.1) is 21.3 Å². The van der Waals surface area contributed by atoms with E-state index in [1.165, 1.54) is 13.1 Å². The first-order chi connectivity index (χ1) is 20.2. The van der Waals surface area contributed by atoms with Crippen molar-refractivity contribution in [1.82, 2.24) is 9.99 Å². The molecule has 4 atom stereocenters. The van der Waals surface area contributed by atoms with Crippen molar-refractivity contribution in [2.75, 3.05) is 12.1 Å². The Morgan fingerprint density at radius 3 is 2.51 bits per heavy atom. The minimum absolute atomic E-state index is 0.0158. The molecule has 0 saturated carbocycles. The zero-order valence-electron chi connectivity index (χ0n) is 22.6. The van der Waals surface area contributed by atoms with Crippen molar-refractivity contribution in [3.05, 3.63) is 85.5 Å². The molecule has 1 aromatic heterocycles. The molecule has 1 N–H and O–H groups in total. The summed E-state index contributed by atoms with van der Waals surface area (Å²) in [5, 5.41) is 12.5. The molecule has 0 bridgehead atoms. The number of carbonyl (C=O) groups excluding carboxylic acids is 4. The Kier molecular flexibility index (Phi) is 6.92. The second-order valence-electron chi connectivity index (χ2n) is 10.9. The summed E-state index contributed by atoms with van der Waals surface area (Å²) in [5.74, 6) is -6.09. The first-order valence-electron chi connectivity index (χ1n) is 13.2. The number of hydrogen-bond acceptors (Lipinski definition) is 7. The third kappa shape index (κ3) is 4.45. The average Bonchev–Trinajstić information content (AvgIpc) is 3.21. The van der Waals surface area contributed by atoms with Gasteiger partial charge in [-0.3, -0.25) is 24.2 Å².